The summed E-state index contributed by atoms with van der Waals surface area (Å²) >= 11 is 0. The zero-order valence-electron chi connectivity index (χ0n) is 11.7. The van der Waals surface area contributed by atoms with Crippen molar-refractivity contribution in [2.24, 2.45) is 0 Å². The second-order valence-electron chi connectivity index (χ2n) is 5.18. The standard InChI is InChI=1S/C15H24N2O/c1-4-14(16-8-9-17(2)3)12-5-6-15-13(11-12)7-10-18-15/h5-6,11,14,16H,4,7-10H2,1-3H3. The molecule has 0 fully saturated rings. The summed E-state index contributed by atoms with van der Waals surface area (Å²) in [6.07, 6.45) is 2.17. The first-order valence-corrected chi connectivity index (χ1v) is 6.84. The van der Waals surface area contributed by atoms with E-state index in [4.69, 9.17) is 4.74 Å². The van der Waals surface area contributed by atoms with Crippen molar-refractivity contribution in [1.82, 2.24) is 10.2 Å². The van der Waals surface area contributed by atoms with E-state index >= 15 is 0 Å². The van der Waals surface area contributed by atoms with Crippen LogP contribution in [0, 0.1) is 0 Å². The fourth-order valence-corrected chi connectivity index (χ4v) is 2.38. The molecule has 0 bridgehead atoms. The van der Waals surface area contributed by atoms with Gasteiger partial charge in [0.1, 0.15) is 5.75 Å². The van der Waals surface area contributed by atoms with Gasteiger partial charge in [-0.2, -0.15) is 0 Å². The average Bonchev–Trinajstić information content (AvgIpc) is 2.81. The Balaban J connectivity index is 1.99. The average molecular weight is 248 g/mol. The van der Waals surface area contributed by atoms with Gasteiger partial charge >= 0.3 is 0 Å². The zero-order chi connectivity index (χ0) is 13.0. The Kier molecular flexibility index (Phi) is 4.61. The Labute approximate surface area is 110 Å². The highest BCUT2D eigenvalue weighted by Crippen LogP contribution is 2.28. The monoisotopic (exact) mass is 248 g/mol. The Bertz CT molecular complexity index is 390. The summed E-state index contributed by atoms with van der Waals surface area (Å²) in [4.78, 5) is 2.20. The molecule has 3 heteroatoms. The summed E-state index contributed by atoms with van der Waals surface area (Å²) in [5, 5.41) is 3.63. The third kappa shape index (κ3) is 3.24. The van der Waals surface area contributed by atoms with E-state index in [1.165, 1.54) is 11.1 Å². The molecule has 1 aliphatic heterocycles. The molecule has 1 aliphatic rings. The number of benzene rings is 1. The van der Waals surface area contributed by atoms with Gasteiger partial charge in [-0.05, 0) is 37.7 Å². The van der Waals surface area contributed by atoms with Gasteiger partial charge in [-0.1, -0.05) is 19.1 Å². The van der Waals surface area contributed by atoms with Gasteiger partial charge in [0.05, 0.1) is 6.61 Å². The molecule has 1 aromatic carbocycles. The molecule has 0 spiro atoms. The number of nitrogens with zero attached hydrogens (tertiary/aromatic N) is 1. The Hall–Kier alpha value is -1.06. The van der Waals surface area contributed by atoms with Gasteiger partial charge in [0, 0.05) is 25.6 Å². The maximum absolute atomic E-state index is 5.55. The lowest BCUT2D eigenvalue weighted by Gasteiger charge is -2.19. The van der Waals surface area contributed by atoms with Gasteiger partial charge in [-0.25, -0.2) is 0 Å². The smallest absolute Gasteiger partial charge is 0.122 e. The van der Waals surface area contributed by atoms with E-state index in [2.05, 4.69) is 49.4 Å². The lowest BCUT2D eigenvalue weighted by atomic mass is 10.0. The van der Waals surface area contributed by atoms with E-state index < -0.39 is 0 Å². The van der Waals surface area contributed by atoms with E-state index in [1.54, 1.807) is 0 Å². The largest absolute Gasteiger partial charge is 0.493 e. The molecule has 0 radical (unpaired) electrons. The van der Waals surface area contributed by atoms with Crippen molar-refractivity contribution < 1.29 is 4.74 Å². The third-order valence-electron chi connectivity index (χ3n) is 3.47. The lowest BCUT2D eigenvalue weighted by molar-refractivity contribution is 0.356. The highest BCUT2D eigenvalue weighted by Gasteiger charge is 2.15. The fraction of sp³-hybridized carbons (Fsp3) is 0.600. The molecule has 18 heavy (non-hydrogen) atoms. The zero-order valence-corrected chi connectivity index (χ0v) is 11.7. The van der Waals surface area contributed by atoms with Gasteiger partial charge in [-0.15, -0.1) is 0 Å². The van der Waals surface area contributed by atoms with E-state index in [9.17, 15) is 0 Å². The van der Waals surface area contributed by atoms with Crippen LogP contribution in [-0.4, -0.2) is 38.7 Å². The first-order valence-electron chi connectivity index (χ1n) is 6.84. The van der Waals surface area contributed by atoms with E-state index in [0.717, 1.165) is 38.3 Å². The molecule has 2 rings (SSSR count). The van der Waals surface area contributed by atoms with Crippen LogP contribution in [0.1, 0.15) is 30.5 Å². The number of fused-ring (bicyclic) bond motifs is 1. The number of hydrogen-bond acceptors (Lipinski definition) is 3. The van der Waals surface area contributed by atoms with Crippen LogP contribution < -0.4 is 10.1 Å². The SMILES string of the molecule is CCC(NCCN(C)C)c1ccc2c(c1)CCO2. The molecule has 1 N–H and O–H groups in total. The van der Waals surface area contributed by atoms with Crippen LogP contribution in [0.3, 0.4) is 0 Å². The van der Waals surface area contributed by atoms with Gasteiger partial charge in [0.15, 0.2) is 0 Å². The minimum Gasteiger partial charge on any atom is -0.493 e. The van der Waals surface area contributed by atoms with Crippen molar-refractivity contribution in [3.8, 4) is 5.75 Å². The van der Waals surface area contributed by atoms with Crippen LogP contribution in [0.2, 0.25) is 0 Å². The molecule has 100 valence electrons. The molecule has 0 amide bonds. The summed E-state index contributed by atoms with van der Waals surface area (Å²) in [5.74, 6) is 1.07. The van der Waals surface area contributed by atoms with Gasteiger partial charge in [-0.3, -0.25) is 0 Å². The highest BCUT2D eigenvalue weighted by molar-refractivity contribution is 5.40. The number of rotatable bonds is 6. The molecule has 1 heterocycles. The Morgan fingerprint density at radius 2 is 2.22 bits per heavy atom. The summed E-state index contributed by atoms with van der Waals surface area (Å²) < 4.78 is 5.55. The summed E-state index contributed by atoms with van der Waals surface area (Å²) in [6, 6.07) is 7.07. The molecule has 0 saturated carbocycles. The van der Waals surface area contributed by atoms with Crippen molar-refractivity contribution in [2.75, 3.05) is 33.8 Å². The Morgan fingerprint density at radius 3 is 2.94 bits per heavy atom. The summed E-state index contributed by atoms with van der Waals surface area (Å²) in [6.45, 7) is 5.17. The molecule has 1 aromatic rings. The molecular formula is C15H24N2O. The van der Waals surface area contributed by atoms with Crippen LogP contribution in [0.5, 0.6) is 5.75 Å². The van der Waals surface area contributed by atoms with Crippen LogP contribution in [0.15, 0.2) is 18.2 Å². The van der Waals surface area contributed by atoms with Gasteiger partial charge in [0.2, 0.25) is 0 Å². The summed E-state index contributed by atoms with van der Waals surface area (Å²) in [5.41, 5.74) is 2.75. The number of ether oxygens (including phenoxy) is 1. The van der Waals surface area contributed by atoms with E-state index in [0.29, 0.717) is 6.04 Å². The van der Waals surface area contributed by atoms with Crippen LogP contribution in [-0.2, 0) is 6.42 Å². The van der Waals surface area contributed by atoms with E-state index in [-0.39, 0.29) is 0 Å². The highest BCUT2D eigenvalue weighted by atomic mass is 16.5. The molecule has 0 saturated heterocycles. The van der Waals surface area contributed by atoms with E-state index in [1.807, 2.05) is 0 Å². The number of likely N-dealkylation sites (N-methyl/N-ethyl adjacent to an activating group) is 1. The minimum absolute atomic E-state index is 0.454. The topological polar surface area (TPSA) is 24.5 Å². The molecule has 1 atom stereocenters. The predicted octanol–water partition coefficient (Wildman–Crippen LogP) is 2.22. The second-order valence-corrected chi connectivity index (χ2v) is 5.18. The van der Waals surface area contributed by atoms with Gasteiger partial charge < -0.3 is 15.0 Å². The van der Waals surface area contributed by atoms with Gasteiger partial charge in [0.25, 0.3) is 0 Å². The third-order valence-corrected chi connectivity index (χ3v) is 3.47. The number of hydrogen-bond donors (Lipinski definition) is 1. The van der Waals surface area contributed by atoms with Crippen molar-refractivity contribution in [3.05, 3.63) is 29.3 Å². The van der Waals surface area contributed by atoms with Crippen molar-refractivity contribution >= 4 is 0 Å². The minimum atomic E-state index is 0.454. The summed E-state index contributed by atoms with van der Waals surface area (Å²) in [7, 11) is 4.21. The lowest BCUT2D eigenvalue weighted by Crippen LogP contribution is -2.29. The second kappa shape index (κ2) is 6.21. The first-order chi connectivity index (χ1) is 8.70. The van der Waals surface area contributed by atoms with Crippen molar-refractivity contribution in [2.45, 2.75) is 25.8 Å². The molecule has 3 nitrogen and oxygen atoms in total. The fourth-order valence-electron chi connectivity index (χ4n) is 2.38. The predicted molar refractivity (Wildman–Crippen MR) is 75.2 cm³/mol. The molecule has 1 unspecified atom stereocenters. The van der Waals surface area contributed by atoms with Crippen LogP contribution in [0.4, 0.5) is 0 Å². The quantitative estimate of drug-likeness (QED) is 0.835. The molecule has 0 aromatic heterocycles. The van der Waals surface area contributed by atoms with Crippen molar-refractivity contribution in [1.29, 1.82) is 0 Å². The molecule has 0 aliphatic carbocycles. The number of nitrogens with one attached hydrogen (secondary N) is 1. The van der Waals surface area contributed by atoms with Crippen LogP contribution in [0.25, 0.3) is 0 Å². The van der Waals surface area contributed by atoms with Crippen molar-refractivity contribution in [3.63, 3.8) is 0 Å². The molecular weight excluding hydrogens is 224 g/mol. The van der Waals surface area contributed by atoms with Crippen LogP contribution >= 0.6 is 0 Å². The maximum Gasteiger partial charge on any atom is 0.122 e. The maximum atomic E-state index is 5.55. The normalized spacial score (nSPS) is 15.6. The first kappa shape index (κ1) is 13.4. The Morgan fingerprint density at radius 1 is 1.39 bits per heavy atom.